The quantitative estimate of drug-likeness (QED) is 0.548. The molecule has 0 aromatic heterocycles. The number of hydrogen-bond donors (Lipinski definition) is 3. The highest BCUT2D eigenvalue weighted by molar-refractivity contribution is 5.85. The van der Waals surface area contributed by atoms with E-state index in [1.54, 1.807) is 12.4 Å². The molecule has 0 aliphatic carbocycles. The Morgan fingerprint density at radius 2 is 1.95 bits per heavy atom. The molecule has 1 rings (SSSR count). The Labute approximate surface area is 118 Å². The van der Waals surface area contributed by atoms with Crippen molar-refractivity contribution in [2.45, 2.75) is 32.9 Å². The van der Waals surface area contributed by atoms with E-state index < -0.39 is 18.0 Å². The van der Waals surface area contributed by atoms with E-state index in [0.29, 0.717) is 6.42 Å². The maximum Gasteiger partial charge on any atom is 0.408 e. The minimum Gasteiger partial charge on any atom is -0.445 e. The number of carbonyl (C=O) groups is 2. The van der Waals surface area contributed by atoms with Crippen LogP contribution in [0.5, 0.6) is 0 Å². The highest BCUT2D eigenvalue weighted by Gasteiger charge is 2.26. The van der Waals surface area contributed by atoms with Crippen LogP contribution in [0.15, 0.2) is 30.3 Å². The molecule has 3 N–H and O–H groups in total. The maximum absolute atomic E-state index is 11.7. The number of rotatable bonds is 6. The lowest BCUT2D eigenvalue weighted by Gasteiger charge is -2.21. The second-order valence-electron chi connectivity index (χ2n) is 4.55. The van der Waals surface area contributed by atoms with Crippen LogP contribution in [-0.4, -0.2) is 23.2 Å². The van der Waals surface area contributed by atoms with Gasteiger partial charge in [-0.05, 0) is 11.5 Å². The number of hydrogen-bond acceptors (Lipinski definition) is 4. The summed E-state index contributed by atoms with van der Waals surface area (Å²) in [4.78, 5) is 23.2. The van der Waals surface area contributed by atoms with Crippen LogP contribution in [0.4, 0.5) is 4.79 Å². The zero-order chi connectivity index (χ0) is 15.0. The fourth-order valence-electron chi connectivity index (χ4n) is 1.66. The van der Waals surface area contributed by atoms with Crippen LogP contribution < -0.4 is 10.8 Å². The van der Waals surface area contributed by atoms with E-state index >= 15 is 0 Å². The molecular formula is C14H20N2O4. The van der Waals surface area contributed by atoms with Gasteiger partial charge in [0.25, 0.3) is 5.91 Å². The van der Waals surface area contributed by atoms with Crippen molar-refractivity contribution >= 4 is 12.0 Å². The Kier molecular flexibility index (Phi) is 6.52. The normalized spacial score (nSPS) is 13.2. The SMILES string of the molecule is CC[C@H](C)[C@H](NC(=O)OCc1ccccc1)C(=O)NO. The van der Waals surface area contributed by atoms with E-state index in [2.05, 4.69) is 5.32 Å². The Balaban J connectivity index is 2.51. The van der Waals surface area contributed by atoms with Crippen LogP contribution in [0.25, 0.3) is 0 Å². The van der Waals surface area contributed by atoms with Crippen LogP contribution in [0, 0.1) is 5.92 Å². The molecule has 0 bridgehead atoms. The van der Waals surface area contributed by atoms with Gasteiger partial charge in [0.1, 0.15) is 12.6 Å². The van der Waals surface area contributed by atoms with E-state index in [9.17, 15) is 9.59 Å². The second-order valence-corrected chi connectivity index (χ2v) is 4.55. The van der Waals surface area contributed by atoms with Crippen molar-refractivity contribution < 1.29 is 19.5 Å². The molecule has 0 saturated heterocycles. The Morgan fingerprint density at radius 3 is 2.50 bits per heavy atom. The average molecular weight is 280 g/mol. The average Bonchev–Trinajstić information content (AvgIpc) is 2.50. The molecule has 0 fully saturated rings. The summed E-state index contributed by atoms with van der Waals surface area (Å²) in [6.45, 7) is 3.82. The second kappa shape index (κ2) is 8.16. The first-order chi connectivity index (χ1) is 9.58. The van der Waals surface area contributed by atoms with Gasteiger partial charge in [-0.1, -0.05) is 50.6 Å². The van der Waals surface area contributed by atoms with Crippen LogP contribution in [0.2, 0.25) is 0 Å². The number of ether oxygens (including phenoxy) is 1. The zero-order valence-corrected chi connectivity index (χ0v) is 11.6. The van der Waals surface area contributed by atoms with Gasteiger partial charge in [0, 0.05) is 0 Å². The van der Waals surface area contributed by atoms with Crippen LogP contribution in [-0.2, 0) is 16.1 Å². The molecule has 0 saturated carbocycles. The van der Waals surface area contributed by atoms with E-state index in [1.807, 2.05) is 37.3 Å². The van der Waals surface area contributed by atoms with Crippen LogP contribution in [0.1, 0.15) is 25.8 Å². The molecule has 1 aromatic rings. The number of amides is 2. The fraction of sp³-hybridized carbons (Fsp3) is 0.429. The summed E-state index contributed by atoms with van der Waals surface area (Å²) in [5.74, 6) is -0.776. The molecule has 6 nitrogen and oxygen atoms in total. The third kappa shape index (κ3) is 4.89. The minimum absolute atomic E-state index is 0.119. The van der Waals surface area contributed by atoms with E-state index in [-0.39, 0.29) is 12.5 Å². The molecule has 6 heteroatoms. The summed E-state index contributed by atoms with van der Waals surface area (Å²) in [5, 5.41) is 11.1. The van der Waals surface area contributed by atoms with Crippen LogP contribution in [0.3, 0.4) is 0 Å². The van der Waals surface area contributed by atoms with E-state index in [1.165, 1.54) is 0 Å². The maximum atomic E-state index is 11.7. The summed E-state index contributed by atoms with van der Waals surface area (Å²) < 4.78 is 5.04. The molecule has 110 valence electrons. The number of benzene rings is 1. The molecule has 0 aliphatic heterocycles. The van der Waals surface area contributed by atoms with Gasteiger partial charge in [-0.15, -0.1) is 0 Å². The lowest BCUT2D eigenvalue weighted by atomic mass is 9.99. The van der Waals surface area contributed by atoms with Gasteiger partial charge in [-0.25, -0.2) is 10.3 Å². The van der Waals surface area contributed by atoms with E-state index in [0.717, 1.165) is 5.56 Å². The molecule has 0 spiro atoms. The van der Waals surface area contributed by atoms with Crippen molar-refractivity contribution in [1.82, 2.24) is 10.8 Å². The smallest absolute Gasteiger partial charge is 0.408 e. The fourth-order valence-corrected chi connectivity index (χ4v) is 1.66. The predicted octanol–water partition coefficient (Wildman–Crippen LogP) is 1.83. The largest absolute Gasteiger partial charge is 0.445 e. The topological polar surface area (TPSA) is 87.7 Å². The van der Waals surface area contributed by atoms with Crippen LogP contribution >= 0.6 is 0 Å². The molecule has 0 radical (unpaired) electrons. The molecule has 0 heterocycles. The van der Waals surface area contributed by atoms with Gasteiger partial charge in [-0.2, -0.15) is 0 Å². The lowest BCUT2D eigenvalue weighted by molar-refractivity contribution is -0.132. The van der Waals surface area contributed by atoms with Gasteiger partial charge in [0.15, 0.2) is 0 Å². The van der Waals surface area contributed by atoms with Gasteiger partial charge in [-0.3, -0.25) is 10.0 Å². The molecule has 0 unspecified atom stereocenters. The van der Waals surface area contributed by atoms with Gasteiger partial charge >= 0.3 is 6.09 Å². The Bertz CT molecular complexity index is 436. The summed E-state index contributed by atoms with van der Waals surface area (Å²) in [6, 6.07) is 8.40. The number of carbonyl (C=O) groups excluding carboxylic acids is 2. The Hall–Kier alpha value is -2.08. The Morgan fingerprint density at radius 1 is 1.30 bits per heavy atom. The first-order valence-electron chi connectivity index (χ1n) is 6.49. The standard InChI is InChI=1S/C14H20N2O4/c1-3-10(2)12(13(17)16-19)15-14(18)20-9-11-7-5-4-6-8-11/h4-8,10,12,19H,3,9H2,1-2H3,(H,15,18)(H,16,17)/t10-,12-/m0/s1. The molecule has 2 amide bonds. The number of nitrogens with one attached hydrogen (secondary N) is 2. The summed E-state index contributed by atoms with van der Waals surface area (Å²) >= 11 is 0. The van der Waals surface area contributed by atoms with Crippen molar-refractivity contribution in [2.75, 3.05) is 0 Å². The highest BCUT2D eigenvalue weighted by Crippen LogP contribution is 2.08. The molecule has 2 atom stereocenters. The molecule has 0 aliphatic rings. The van der Waals surface area contributed by atoms with Gasteiger partial charge in [0.05, 0.1) is 0 Å². The van der Waals surface area contributed by atoms with Gasteiger partial charge < -0.3 is 10.1 Å². The van der Waals surface area contributed by atoms with Crippen molar-refractivity contribution in [3.8, 4) is 0 Å². The minimum atomic E-state index is -0.826. The summed E-state index contributed by atoms with van der Waals surface area (Å²) in [7, 11) is 0. The van der Waals surface area contributed by atoms with Crippen molar-refractivity contribution in [3.05, 3.63) is 35.9 Å². The third-order valence-electron chi connectivity index (χ3n) is 3.09. The lowest BCUT2D eigenvalue weighted by Crippen LogP contribution is -2.49. The van der Waals surface area contributed by atoms with Crippen molar-refractivity contribution in [1.29, 1.82) is 0 Å². The first-order valence-corrected chi connectivity index (χ1v) is 6.49. The molecule has 1 aromatic carbocycles. The van der Waals surface area contributed by atoms with E-state index in [4.69, 9.17) is 9.94 Å². The monoisotopic (exact) mass is 280 g/mol. The third-order valence-corrected chi connectivity index (χ3v) is 3.09. The number of hydroxylamine groups is 1. The summed E-state index contributed by atoms with van der Waals surface area (Å²) in [6.07, 6.45) is -0.0143. The van der Waals surface area contributed by atoms with Crippen molar-refractivity contribution in [2.24, 2.45) is 5.92 Å². The summed E-state index contributed by atoms with van der Waals surface area (Å²) in [5.41, 5.74) is 2.41. The molecular weight excluding hydrogens is 260 g/mol. The van der Waals surface area contributed by atoms with Gasteiger partial charge in [0.2, 0.25) is 0 Å². The number of alkyl carbamates (subject to hydrolysis) is 1. The molecule has 20 heavy (non-hydrogen) atoms. The first kappa shape index (κ1) is 16.0. The predicted molar refractivity (Wildman–Crippen MR) is 72.9 cm³/mol. The van der Waals surface area contributed by atoms with Crippen molar-refractivity contribution in [3.63, 3.8) is 0 Å². The highest BCUT2D eigenvalue weighted by atomic mass is 16.5. The zero-order valence-electron chi connectivity index (χ0n) is 11.6.